The Balaban J connectivity index is 3.78. The zero-order valence-corrected chi connectivity index (χ0v) is 10.5. The van der Waals surface area contributed by atoms with E-state index in [0.717, 1.165) is 12.8 Å². The highest BCUT2D eigenvalue weighted by atomic mass is 32.2. The third-order valence-corrected chi connectivity index (χ3v) is 3.21. The van der Waals surface area contributed by atoms with Crippen molar-refractivity contribution in [1.82, 2.24) is 5.32 Å². The lowest BCUT2D eigenvalue weighted by molar-refractivity contribution is -0.136. The summed E-state index contributed by atoms with van der Waals surface area (Å²) in [6.07, 6.45) is 1.70. The number of hydrogen-bond acceptors (Lipinski definition) is 3. The van der Waals surface area contributed by atoms with Crippen molar-refractivity contribution in [2.75, 3.05) is 11.5 Å². The number of rotatable bonds is 8. The highest BCUT2D eigenvalue weighted by Crippen LogP contribution is 1.95. The summed E-state index contributed by atoms with van der Waals surface area (Å²) in [5.41, 5.74) is 0. The van der Waals surface area contributed by atoms with Crippen LogP contribution in [-0.4, -0.2) is 38.7 Å². The molecule has 0 radical (unpaired) electrons. The van der Waals surface area contributed by atoms with E-state index in [-0.39, 0.29) is 29.9 Å². The minimum Gasteiger partial charge on any atom is -0.481 e. The fourth-order valence-electron chi connectivity index (χ4n) is 1.24. The van der Waals surface area contributed by atoms with Crippen molar-refractivity contribution in [2.24, 2.45) is 0 Å². The largest absolute Gasteiger partial charge is 0.481 e. The molecule has 0 saturated carbocycles. The SMILES string of the molecule is CCCC(C)NC(=O)CS(=O)CCC(=O)O. The number of amides is 1. The van der Waals surface area contributed by atoms with Gasteiger partial charge in [-0.25, -0.2) is 0 Å². The van der Waals surface area contributed by atoms with Gasteiger partial charge in [0.15, 0.2) is 0 Å². The fraction of sp³-hybridized carbons (Fsp3) is 0.800. The Bertz CT molecular complexity index is 268. The first-order chi connectivity index (χ1) is 7.45. The van der Waals surface area contributed by atoms with Crippen LogP contribution in [0.25, 0.3) is 0 Å². The zero-order valence-electron chi connectivity index (χ0n) is 9.69. The molecule has 0 aromatic heterocycles. The molecule has 0 heterocycles. The van der Waals surface area contributed by atoms with Crippen molar-refractivity contribution >= 4 is 22.7 Å². The Hall–Kier alpha value is -0.910. The van der Waals surface area contributed by atoms with Crippen molar-refractivity contribution in [2.45, 2.75) is 39.2 Å². The minimum absolute atomic E-state index is 0.0327. The first kappa shape index (κ1) is 15.1. The summed E-state index contributed by atoms with van der Waals surface area (Å²) >= 11 is 0. The maximum Gasteiger partial charge on any atom is 0.304 e. The lowest BCUT2D eigenvalue weighted by atomic mass is 10.2. The van der Waals surface area contributed by atoms with Crippen molar-refractivity contribution in [1.29, 1.82) is 0 Å². The quantitative estimate of drug-likeness (QED) is 0.656. The van der Waals surface area contributed by atoms with Crippen molar-refractivity contribution < 1.29 is 18.9 Å². The van der Waals surface area contributed by atoms with Gasteiger partial charge < -0.3 is 10.4 Å². The van der Waals surface area contributed by atoms with Gasteiger partial charge in [-0.05, 0) is 13.3 Å². The molecule has 2 unspecified atom stereocenters. The molecule has 0 aromatic carbocycles. The molecule has 16 heavy (non-hydrogen) atoms. The topological polar surface area (TPSA) is 83.5 Å². The molecule has 0 bridgehead atoms. The van der Waals surface area contributed by atoms with Gasteiger partial charge in [0.25, 0.3) is 0 Å². The smallest absolute Gasteiger partial charge is 0.304 e. The van der Waals surface area contributed by atoms with Gasteiger partial charge in [0.1, 0.15) is 5.75 Å². The Morgan fingerprint density at radius 1 is 1.44 bits per heavy atom. The van der Waals surface area contributed by atoms with Crippen LogP contribution in [0, 0.1) is 0 Å². The maximum atomic E-state index is 11.3. The molecule has 0 saturated heterocycles. The molecule has 2 N–H and O–H groups in total. The Morgan fingerprint density at radius 3 is 2.56 bits per heavy atom. The highest BCUT2D eigenvalue weighted by Gasteiger charge is 2.11. The molecule has 0 spiro atoms. The minimum atomic E-state index is -1.38. The molecule has 1 amide bonds. The molecule has 0 aliphatic rings. The van der Waals surface area contributed by atoms with E-state index in [1.807, 2.05) is 13.8 Å². The second-order valence-corrected chi connectivity index (χ2v) is 5.27. The highest BCUT2D eigenvalue weighted by molar-refractivity contribution is 7.85. The number of carboxylic acid groups (broad SMARTS) is 1. The molecule has 94 valence electrons. The van der Waals surface area contributed by atoms with Crippen LogP contribution >= 0.6 is 0 Å². The molecular formula is C10H19NO4S. The molecule has 6 heteroatoms. The molecule has 0 rings (SSSR count). The summed E-state index contributed by atoms with van der Waals surface area (Å²) in [6.45, 7) is 3.91. The first-order valence-corrected chi connectivity index (χ1v) is 6.80. The van der Waals surface area contributed by atoms with Crippen molar-refractivity contribution in [3.63, 3.8) is 0 Å². The number of hydrogen-bond donors (Lipinski definition) is 2. The Morgan fingerprint density at radius 2 is 2.06 bits per heavy atom. The van der Waals surface area contributed by atoms with E-state index in [9.17, 15) is 13.8 Å². The normalized spacial score (nSPS) is 14.1. The molecule has 0 aliphatic carbocycles. The van der Waals surface area contributed by atoms with Gasteiger partial charge >= 0.3 is 5.97 Å². The third kappa shape index (κ3) is 8.40. The summed E-state index contributed by atoms with van der Waals surface area (Å²) in [7, 11) is -1.38. The Labute approximate surface area is 98.1 Å². The van der Waals surface area contributed by atoms with E-state index < -0.39 is 16.8 Å². The molecule has 0 fully saturated rings. The van der Waals surface area contributed by atoms with Crippen LogP contribution in [0.3, 0.4) is 0 Å². The lowest BCUT2D eigenvalue weighted by Crippen LogP contribution is -2.36. The van der Waals surface area contributed by atoms with Crippen LogP contribution in [0.2, 0.25) is 0 Å². The summed E-state index contributed by atoms with van der Waals surface area (Å²) in [5, 5.41) is 11.1. The predicted molar refractivity (Wildman–Crippen MR) is 62.6 cm³/mol. The van der Waals surface area contributed by atoms with Gasteiger partial charge in [0.05, 0.1) is 6.42 Å². The van der Waals surface area contributed by atoms with Crippen LogP contribution in [0.5, 0.6) is 0 Å². The monoisotopic (exact) mass is 249 g/mol. The second kappa shape index (κ2) is 8.27. The third-order valence-electron chi connectivity index (χ3n) is 1.96. The average Bonchev–Trinajstić information content (AvgIpc) is 2.14. The van der Waals surface area contributed by atoms with Crippen LogP contribution in [-0.2, 0) is 20.4 Å². The zero-order chi connectivity index (χ0) is 12.6. The van der Waals surface area contributed by atoms with E-state index in [4.69, 9.17) is 5.11 Å². The summed E-state index contributed by atoms with van der Waals surface area (Å²) < 4.78 is 11.3. The summed E-state index contributed by atoms with van der Waals surface area (Å²) in [5.74, 6) is -1.34. The Kier molecular flexibility index (Phi) is 7.80. The number of aliphatic carboxylic acids is 1. The lowest BCUT2D eigenvalue weighted by Gasteiger charge is -2.12. The first-order valence-electron chi connectivity index (χ1n) is 5.31. The van der Waals surface area contributed by atoms with Gasteiger partial charge in [-0.2, -0.15) is 0 Å². The molecule has 2 atom stereocenters. The summed E-state index contributed by atoms with van der Waals surface area (Å²) in [4.78, 5) is 21.5. The summed E-state index contributed by atoms with van der Waals surface area (Å²) in [6, 6.07) is 0.0778. The fourth-order valence-corrected chi connectivity index (χ4v) is 2.16. The van der Waals surface area contributed by atoms with Gasteiger partial charge in [-0.15, -0.1) is 0 Å². The van der Waals surface area contributed by atoms with Crippen LogP contribution in [0.15, 0.2) is 0 Å². The van der Waals surface area contributed by atoms with Crippen LogP contribution < -0.4 is 5.32 Å². The number of carbonyl (C=O) groups is 2. The maximum absolute atomic E-state index is 11.3. The van der Waals surface area contributed by atoms with E-state index in [1.54, 1.807) is 0 Å². The van der Waals surface area contributed by atoms with Crippen LogP contribution in [0.4, 0.5) is 0 Å². The molecule has 5 nitrogen and oxygen atoms in total. The van der Waals surface area contributed by atoms with Crippen molar-refractivity contribution in [3.05, 3.63) is 0 Å². The van der Waals surface area contributed by atoms with Crippen molar-refractivity contribution in [3.8, 4) is 0 Å². The molecule has 0 aliphatic heterocycles. The average molecular weight is 249 g/mol. The van der Waals surface area contributed by atoms with E-state index >= 15 is 0 Å². The van der Waals surface area contributed by atoms with Gasteiger partial charge in [0.2, 0.25) is 5.91 Å². The van der Waals surface area contributed by atoms with E-state index in [1.165, 1.54) is 0 Å². The predicted octanol–water partition coefficient (Wildman–Crippen LogP) is 0.515. The number of carboxylic acids is 1. The van der Waals surface area contributed by atoms with E-state index in [0.29, 0.717) is 0 Å². The van der Waals surface area contributed by atoms with Crippen LogP contribution in [0.1, 0.15) is 33.1 Å². The second-order valence-electron chi connectivity index (χ2n) is 3.69. The molecular weight excluding hydrogens is 230 g/mol. The van der Waals surface area contributed by atoms with Gasteiger partial charge in [-0.3, -0.25) is 13.8 Å². The van der Waals surface area contributed by atoms with Gasteiger partial charge in [-0.1, -0.05) is 13.3 Å². The standard InChI is InChI=1S/C10H19NO4S/c1-3-4-8(2)11-9(12)7-16(15)6-5-10(13)14/h8H,3-7H2,1-2H3,(H,11,12)(H,13,14). The number of nitrogens with one attached hydrogen (secondary N) is 1. The molecule has 0 aromatic rings. The van der Waals surface area contributed by atoms with Gasteiger partial charge in [0, 0.05) is 22.6 Å². The van der Waals surface area contributed by atoms with E-state index in [2.05, 4.69) is 5.32 Å². The number of carbonyl (C=O) groups excluding carboxylic acids is 1.